The number of aliphatic hydroxyl groups is 2. The summed E-state index contributed by atoms with van der Waals surface area (Å²) in [7, 11) is 0. The van der Waals surface area contributed by atoms with Crippen LogP contribution in [0.5, 0.6) is 0 Å². The minimum atomic E-state index is -2.95. The molecule has 0 bridgehead atoms. The van der Waals surface area contributed by atoms with Crippen molar-refractivity contribution in [1.82, 2.24) is 0 Å². The van der Waals surface area contributed by atoms with Gasteiger partial charge in [0.1, 0.15) is 31.5 Å². The Morgan fingerprint density at radius 1 is 0.600 bits per heavy atom. The minimum Gasteiger partial charge on any atom is -0.463 e. The van der Waals surface area contributed by atoms with Gasteiger partial charge in [0.2, 0.25) is 6.10 Å². The third-order valence-electron chi connectivity index (χ3n) is 6.38. The molecule has 0 spiro atoms. The molecule has 0 amide bonds. The second-order valence-electron chi connectivity index (χ2n) is 10.1. The molecule has 2 unspecified atom stereocenters. The molecule has 18 nitrogen and oxygen atoms in total. The molecule has 0 aliphatic carbocycles. The van der Waals surface area contributed by atoms with Gasteiger partial charge in [-0.05, 0) is 15.9 Å². The van der Waals surface area contributed by atoms with Gasteiger partial charge in [-0.1, -0.05) is 0 Å². The van der Waals surface area contributed by atoms with E-state index in [0.29, 0.717) is 0 Å². The molecule has 2 N–H and O–H groups in total. The summed E-state index contributed by atoms with van der Waals surface area (Å²) in [6.45, 7) is 5.18. The van der Waals surface area contributed by atoms with Crippen LogP contribution in [0.15, 0.2) is 0 Å². The van der Waals surface area contributed by atoms with E-state index in [4.69, 9.17) is 42.6 Å². The Kier molecular flexibility index (Phi) is 12.8. The number of alkyl halides is 1. The van der Waals surface area contributed by atoms with E-state index in [1.165, 1.54) is 0 Å². The molecule has 2 aliphatic heterocycles. The second kappa shape index (κ2) is 15.3. The van der Waals surface area contributed by atoms with E-state index in [0.717, 1.165) is 48.5 Å². The highest BCUT2D eigenvalue weighted by Gasteiger charge is 2.71. The molecule has 0 aromatic rings. The van der Waals surface area contributed by atoms with Gasteiger partial charge in [0.15, 0.2) is 30.0 Å². The Hall–Kier alpha value is -3.39. The SMILES string of the molecule is CC(=O)OC[C@H]1OC([C@]2(O)[C@H](OC(C)=O)[C@@H](OC(C)=O)C(O)(Br)O[C@@H]2COC(C)=O)[C@H](OC(C)=O)[C@@H](OC(C)=O)[C@H]1OC(C)=O. The Labute approximate surface area is 264 Å². The van der Waals surface area contributed by atoms with E-state index in [1.54, 1.807) is 0 Å². The summed E-state index contributed by atoms with van der Waals surface area (Å²) in [6, 6.07) is 0. The van der Waals surface area contributed by atoms with Crippen LogP contribution in [0.25, 0.3) is 0 Å². The summed E-state index contributed by atoms with van der Waals surface area (Å²) in [4.78, 5) is 84.8. The molecular weight excluding hydrogens is 680 g/mol. The monoisotopic (exact) mass is 714 g/mol. The summed E-state index contributed by atoms with van der Waals surface area (Å²) in [6.07, 6.45) is -15.3. The van der Waals surface area contributed by atoms with Crippen molar-refractivity contribution in [3.63, 3.8) is 0 Å². The Morgan fingerprint density at radius 3 is 1.49 bits per heavy atom. The first-order valence-corrected chi connectivity index (χ1v) is 14.1. The lowest BCUT2D eigenvalue weighted by Crippen LogP contribution is -2.80. The fourth-order valence-electron chi connectivity index (χ4n) is 4.93. The third kappa shape index (κ3) is 9.55. The van der Waals surface area contributed by atoms with Crippen molar-refractivity contribution >= 4 is 57.7 Å². The molecule has 0 radical (unpaired) electrons. The average molecular weight is 715 g/mol. The van der Waals surface area contributed by atoms with Crippen molar-refractivity contribution in [2.24, 2.45) is 0 Å². The van der Waals surface area contributed by atoms with Crippen LogP contribution in [0.2, 0.25) is 0 Å². The quantitative estimate of drug-likeness (QED) is 0.152. The highest BCUT2D eigenvalue weighted by molar-refractivity contribution is 9.10. The Balaban J connectivity index is 2.95. The molecule has 0 saturated carbocycles. The van der Waals surface area contributed by atoms with Crippen LogP contribution in [0.3, 0.4) is 0 Å². The number of ether oxygens (including phenoxy) is 9. The summed E-state index contributed by atoms with van der Waals surface area (Å²) >= 11 is 2.83. The van der Waals surface area contributed by atoms with Gasteiger partial charge in [0, 0.05) is 48.5 Å². The van der Waals surface area contributed by atoms with Crippen molar-refractivity contribution in [2.45, 2.75) is 108 Å². The van der Waals surface area contributed by atoms with Crippen molar-refractivity contribution in [2.75, 3.05) is 13.2 Å². The predicted molar refractivity (Wildman–Crippen MR) is 143 cm³/mol. The van der Waals surface area contributed by atoms with Crippen LogP contribution in [0.4, 0.5) is 0 Å². The van der Waals surface area contributed by atoms with Crippen LogP contribution >= 0.6 is 15.9 Å². The fourth-order valence-corrected chi connectivity index (χ4v) is 5.49. The molecule has 254 valence electrons. The Bertz CT molecular complexity index is 1170. The molecule has 10 atom stereocenters. The number of carbonyl (C=O) groups is 7. The largest absolute Gasteiger partial charge is 0.463 e. The fraction of sp³-hybridized carbons (Fsp3) is 0.731. The van der Waals surface area contributed by atoms with Crippen LogP contribution in [-0.2, 0) is 76.2 Å². The molecule has 2 aliphatic rings. The van der Waals surface area contributed by atoms with E-state index in [-0.39, 0.29) is 0 Å². The zero-order valence-corrected chi connectivity index (χ0v) is 26.9. The normalized spacial score (nSPS) is 34.4. The van der Waals surface area contributed by atoms with Crippen molar-refractivity contribution in [3.8, 4) is 0 Å². The van der Waals surface area contributed by atoms with Crippen molar-refractivity contribution in [1.29, 1.82) is 0 Å². The number of halogens is 1. The van der Waals surface area contributed by atoms with Gasteiger partial charge in [0.25, 0.3) is 4.70 Å². The van der Waals surface area contributed by atoms with Crippen LogP contribution in [0.1, 0.15) is 48.5 Å². The lowest BCUT2D eigenvalue weighted by atomic mass is 9.74. The van der Waals surface area contributed by atoms with Crippen molar-refractivity contribution in [3.05, 3.63) is 0 Å². The number of esters is 7. The van der Waals surface area contributed by atoms with Gasteiger partial charge in [-0.2, -0.15) is 0 Å². The van der Waals surface area contributed by atoms with Gasteiger partial charge in [-0.25, -0.2) is 0 Å². The zero-order valence-electron chi connectivity index (χ0n) is 25.3. The average Bonchev–Trinajstić information content (AvgIpc) is 2.87. The standard InChI is InChI=1S/C26H35BrO18/c1-10(28)37-8-17-19(39-12(3)30)20(40-13(4)31)21(41-14(5)32)22(44-17)25(35)18(9-38-11(2)29)45-26(27,36)24(43-16(7)34)23(25)42-15(6)33/h17-24,35-36H,8-9H2,1-7H3/t17-,18-,19+,20+,21-,22?,23-,24-,25+,26?/m1/s1. The third-order valence-corrected chi connectivity index (χ3v) is 7.01. The molecule has 45 heavy (non-hydrogen) atoms. The topological polar surface area (TPSA) is 243 Å². The van der Waals surface area contributed by atoms with Gasteiger partial charge < -0.3 is 52.8 Å². The highest BCUT2D eigenvalue weighted by Crippen LogP contribution is 2.47. The maximum atomic E-state index is 12.6. The summed E-state index contributed by atoms with van der Waals surface area (Å²) in [5.41, 5.74) is -2.95. The molecule has 0 aromatic heterocycles. The van der Waals surface area contributed by atoms with Gasteiger partial charge in [-0.3, -0.25) is 33.6 Å². The van der Waals surface area contributed by atoms with Crippen LogP contribution in [0, 0.1) is 0 Å². The Morgan fingerprint density at radius 2 is 1.02 bits per heavy atom. The molecule has 2 heterocycles. The summed E-state index contributed by atoms with van der Waals surface area (Å²) in [5.74, 6) is -6.84. The molecule has 19 heteroatoms. The smallest absolute Gasteiger partial charge is 0.303 e. The minimum absolute atomic E-state index is 0.701. The molecule has 0 aromatic carbocycles. The molecule has 2 saturated heterocycles. The molecule has 2 rings (SSSR count). The maximum absolute atomic E-state index is 12.6. The first-order valence-electron chi connectivity index (χ1n) is 13.3. The molecule has 2 fully saturated rings. The van der Waals surface area contributed by atoms with Gasteiger partial charge >= 0.3 is 41.8 Å². The lowest BCUT2D eigenvalue weighted by Gasteiger charge is -2.57. The van der Waals surface area contributed by atoms with Crippen LogP contribution < -0.4 is 0 Å². The van der Waals surface area contributed by atoms with E-state index >= 15 is 0 Å². The zero-order chi connectivity index (χ0) is 34.4. The summed E-state index contributed by atoms with van der Waals surface area (Å²) in [5, 5.41) is 23.7. The summed E-state index contributed by atoms with van der Waals surface area (Å²) < 4.78 is 45.7. The van der Waals surface area contributed by atoms with E-state index < -0.39 is 114 Å². The van der Waals surface area contributed by atoms with Crippen LogP contribution in [-0.4, -0.2) is 124 Å². The highest BCUT2D eigenvalue weighted by atomic mass is 79.9. The van der Waals surface area contributed by atoms with Gasteiger partial charge in [-0.15, -0.1) is 0 Å². The number of rotatable bonds is 10. The van der Waals surface area contributed by atoms with E-state index in [9.17, 15) is 43.8 Å². The number of hydrogen-bond donors (Lipinski definition) is 2. The number of hydrogen-bond acceptors (Lipinski definition) is 18. The molecular formula is C26H35BrO18. The number of carbonyl (C=O) groups excluding carboxylic acids is 7. The maximum Gasteiger partial charge on any atom is 0.303 e. The second-order valence-corrected chi connectivity index (χ2v) is 11.2. The first kappa shape index (κ1) is 37.8. The van der Waals surface area contributed by atoms with Crippen molar-refractivity contribution < 1.29 is 86.4 Å². The van der Waals surface area contributed by atoms with E-state index in [2.05, 4.69) is 15.9 Å². The van der Waals surface area contributed by atoms with Gasteiger partial charge in [0.05, 0.1) is 0 Å². The lowest BCUT2D eigenvalue weighted by molar-refractivity contribution is -0.375. The predicted octanol–water partition coefficient (Wildman–Crippen LogP) is -1.29. The van der Waals surface area contributed by atoms with E-state index in [1.807, 2.05) is 0 Å². The first-order chi connectivity index (χ1) is 20.7.